The van der Waals surface area contributed by atoms with E-state index in [9.17, 15) is 4.79 Å². The summed E-state index contributed by atoms with van der Waals surface area (Å²) in [5.74, 6) is 0.328. The molecule has 6 heteroatoms. The molecule has 0 fully saturated rings. The molecule has 110 valence electrons. The Hall–Kier alpha value is -1.78. The zero-order valence-corrected chi connectivity index (χ0v) is 13.0. The van der Waals surface area contributed by atoms with Gasteiger partial charge in [-0.05, 0) is 24.6 Å². The van der Waals surface area contributed by atoms with E-state index in [1.54, 1.807) is 12.1 Å². The van der Waals surface area contributed by atoms with E-state index >= 15 is 0 Å². The smallest absolute Gasteiger partial charge is 0.253 e. The second-order valence-electron chi connectivity index (χ2n) is 4.36. The Kier molecular flexibility index (Phi) is 5.42. The van der Waals surface area contributed by atoms with Crippen LogP contribution < -0.4 is 10.6 Å². The van der Waals surface area contributed by atoms with Crippen molar-refractivity contribution in [1.82, 2.24) is 10.3 Å². The molecule has 2 N–H and O–H groups in total. The predicted molar refractivity (Wildman–Crippen MR) is 86.0 cm³/mol. The lowest BCUT2D eigenvalue weighted by Crippen LogP contribution is -2.23. The summed E-state index contributed by atoms with van der Waals surface area (Å²) in [5, 5.41) is 6.85. The van der Waals surface area contributed by atoms with Crippen LogP contribution in [0, 0.1) is 0 Å². The van der Waals surface area contributed by atoms with Gasteiger partial charge in [-0.25, -0.2) is 4.98 Å². The third-order valence-electron chi connectivity index (χ3n) is 2.84. The number of anilines is 1. The molecule has 0 saturated heterocycles. The molecule has 0 saturated carbocycles. The molecule has 0 radical (unpaired) electrons. The number of carbonyl (C=O) groups is 1. The fourth-order valence-corrected chi connectivity index (χ4v) is 2.21. The first kappa shape index (κ1) is 15.6. The number of carbonyl (C=O) groups excluding carboxylic acids is 1. The van der Waals surface area contributed by atoms with Crippen molar-refractivity contribution in [2.24, 2.45) is 0 Å². The van der Waals surface area contributed by atoms with Gasteiger partial charge in [0.2, 0.25) is 0 Å². The molecule has 0 unspecified atom stereocenters. The minimum atomic E-state index is -0.243. The van der Waals surface area contributed by atoms with E-state index in [1.807, 2.05) is 25.1 Å². The Bertz CT molecular complexity index is 647. The topological polar surface area (TPSA) is 54.0 Å². The molecule has 1 aromatic carbocycles. The molecule has 2 aromatic rings. The number of amides is 1. The van der Waals surface area contributed by atoms with Gasteiger partial charge in [0.1, 0.15) is 5.82 Å². The average molecular weight is 324 g/mol. The van der Waals surface area contributed by atoms with Crippen LogP contribution in [0.3, 0.4) is 0 Å². The summed E-state index contributed by atoms with van der Waals surface area (Å²) in [7, 11) is 0. The normalized spacial score (nSPS) is 10.2. The van der Waals surface area contributed by atoms with Crippen molar-refractivity contribution in [2.75, 3.05) is 11.9 Å². The number of pyridine rings is 1. The molecular formula is C15H15Cl2N3O. The largest absolute Gasteiger partial charge is 0.369 e. The van der Waals surface area contributed by atoms with Gasteiger partial charge in [0.25, 0.3) is 5.91 Å². The highest BCUT2D eigenvalue weighted by Gasteiger charge is 2.10. The Labute approximate surface area is 133 Å². The molecular weight excluding hydrogens is 309 g/mol. The summed E-state index contributed by atoms with van der Waals surface area (Å²) >= 11 is 12.1. The van der Waals surface area contributed by atoms with E-state index in [1.165, 1.54) is 6.20 Å². The molecule has 1 aromatic heterocycles. The maximum absolute atomic E-state index is 12.1. The minimum Gasteiger partial charge on any atom is -0.369 e. The fourth-order valence-electron chi connectivity index (χ4n) is 1.78. The molecule has 0 bridgehead atoms. The van der Waals surface area contributed by atoms with E-state index < -0.39 is 0 Å². The van der Waals surface area contributed by atoms with Crippen molar-refractivity contribution in [3.05, 3.63) is 57.7 Å². The number of aromatic nitrogens is 1. The van der Waals surface area contributed by atoms with Crippen LogP contribution in [-0.4, -0.2) is 17.4 Å². The van der Waals surface area contributed by atoms with Crippen molar-refractivity contribution in [1.29, 1.82) is 0 Å². The third kappa shape index (κ3) is 4.09. The predicted octanol–water partition coefficient (Wildman–Crippen LogP) is 3.75. The Morgan fingerprint density at radius 3 is 2.67 bits per heavy atom. The van der Waals surface area contributed by atoms with Gasteiger partial charge in [-0.3, -0.25) is 4.79 Å². The molecule has 1 heterocycles. The van der Waals surface area contributed by atoms with E-state index in [2.05, 4.69) is 15.6 Å². The van der Waals surface area contributed by atoms with Gasteiger partial charge in [-0.2, -0.15) is 0 Å². The van der Waals surface area contributed by atoms with E-state index in [0.717, 1.165) is 5.56 Å². The number of halogens is 2. The fraction of sp³-hybridized carbons (Fsp3) is 0.200. The van der Waals surface area contributed by atoms with Crippen LogP contribution in [0.5, 0.6) is 0 Å². The Morgan fingerprint density at radius 2 is 2.00 bits per heavy atom. The molecule has 0 aliphatic rings. The average Bonchev–Trinajstić information content (AvgIpc) is 2.48. The molecule has 2 rings (SSSR count). The zero-order chi connectivity index (χ0) is 15.2. The monoisotopic (exact) mass is 323 g/mol. The summed E-state index contributed by atoms with van der Waals surface area (Å²) in [6, 6.07) is 8.96. The van der Waals surface area contributed by atoms with Crippen LogP contribution in [-0.2, 0) is 6.54 Å². The van der Waals surface area contributed by atoms with Gasteiger partial charge in [0, 0.05) is 24.3 Å². The third-order valence-corrected chi connectivity index (χ3v) is 3.50. The Morgan fingerprint density at radius 1 is 1.24 bits per heavy atom. The van der Waals surface area contributed by atoms with Crippen molar-refractivity contribution in [3.8, 4) is 0 Å². The first-order valence-electron chi connectivity index (χ1n) is 6.53. The van der Waals surface area contributed by atoms with Crippen molar-refractivity contribution < 1.29 is 4.79 Å². The first-order chi connectivity index (χ1) is 10.1. The number of hydrogen-bond donors (Lipinski definition) is 2. The maximum atomic E-state index is 12.1. The number of rotatable bonds is 5. The lowest BCUT2D eigenvalue weighted by molar-refractivity contribution is 0.0950. The summed E-state index contributed by atoms with van der Waals surface area (Å²) in [6.45, 7) is 3.01. The van der Waals surface area contributed by atoms with Crippen LogP contribution in [0.15, 0.2) is 36.5 Å². The summed E-state index contributed by atoms with van der Waals surface area (Å²) in [6.07, 6.45) is 1.49. The van der Waals surface area contributed by atoms with Crippen molar-refractivity contribution >= 4 is 34.9 Å². The summed E-state index contributed by atoms with van der Waals surface area (Å²) in [5.41, 5.74) is 1.27. The van der Waals surface area contributed by atoms with Crippen LogP contribution in [0.4, 0.5) is 5.82 Å². The highest BCUT2D eigenvalue weighted by atomic mass is 35.5. The first-order valence-corrected chi connectivity index (χ1v) is 7.28. The number of hydrogen-bond acceptors (Lipinski definition) is 3. The van der Waals surface area contributed by atoms with Crippen LogP contribution in [0.2, 0.25) is 10.0 Å². The second kappa shape index (κ2) is 7.29. The molecule has 1 amide bonds. The van der Waals surface area contributed by atoms with E-state index in [4.69, 9.17) is 23.2 Å². The molecule has 0 aliphatic carbocycles. The van der Waals surface area contributed by atoms with Gasteiger partial charge in [-0.1, -0.05) is 41.4 Å². The quantitative estimate of drug-likeness (QED) is 0.881. The van der Waals surface area contributed by atoms with Crippen LogP contribution >= 0.6 is 23.2 Å². The number of nitrogens with one attached hydrogen (secondary N) is 2. The molecule has 0 atom stereocenters. The van der Waals surface area contributed by atoms with Gasteiger partial charge < -0.3 is 10.6 Å². The SMILES string of the molecule is CCNc1ncc(C(=O)NCc2ccccc2Cl)cc1Cl. The summed E-state index contributed by atoms with van der Waals surface area (Å²) in [4.78, 5) is 16.2. The van der Waals surface area contributed by atoms with Crippen molar-refractivity contribution in [3.63, 3.8) is 0 Å². The second-order valence-corrected chi connectivity index (χ2v) is 5.17. The van der Waals surface area contributed by atoms with Gasteiger partial charge >= 0.3 is 0 Å². The summed E-state index contributed by atoms with van der Waals surface area (Å²) < 4.78 is 0. The molecule has 21 heavy (non-hydrogen) atoms. The maximum Gasteiger partial charge on any atom is 0.253 e. The zero-order valence-electron chi connectivity index (χ0n) is 11.5. The number of nitrogens with zero attached hydrogens (tertiary/aromatic N) is 1. The molecule has 4 nitrogen and oxygen atoms in total. The number of benzene rings is 1. The van der Waals surface area contributed by atoms with Crippen LogP contribution in [0.25, 0.3) is 0 Å². The standard InChI is InChI=1S/C15H15Cl2N3O/c1-2-18-14-13(17)7-11(9-19-14)15(21)20-8-10-5-3-4-6-12(10)16/h3-7,9H,2,8H2,1H3,(H,18,19)(H,20,21). The Balaban J connectivity index is 2.04. The highest BCUT2D eigenvalue weighted by molar-refractivity contribution is 6.33. The lowest BCUT2D eigenvalue weighted by atomic mass is 10.2. The molecule has 0 spiro atoms. The van der Waals surface area contributed by atoms with Crippen LogP contribution in [0.1, 0.15) is 22.8 Å². The van der Waals surface area contributed by atoms with Crippen molar-refractivity contribution in [2.45, 2.75) is 13.5 Å². The lowest BCUT2D eigenvalue weighted by Gasteiger charge is -2.09. The minimum absolute atomic E-state index is 0.243. The van der Waals surface area contributed by atoms with E-state index in [0.29, 0.717) is 34.5 Å². The van der Waals surface area contributed by atoms with Gasteiger partial charge in [-0.15, -0.1) is 0 Å². The van der Waals surface area contributed by atoms with E-state index in [-0.39, 0.29) is 5.91 Å². The van der Waals surface area contributed by atoms with Gasteiger partial charge in [0.05, 0.1) is 10.6 Å². The highest BCUT2D eigenvalue weighted by Crippen LogP contribution is 2.20. The molecule has 0 aliphatic heterocycles. The van der Waals surface area contributed by atoms with Gasteiger partial charge in [0.15, 0.2) is 0 Å².